The third kappa shape index (κ3) is 8.84. The number of carbonyl (C=O) groups is 3. The van der Waals surface area contributed by atoms with E-state index in [0.29, 0.717) is 67.1 Å². The quantitative estimate of drug-likeness (QED) is 0.0821. The molecule has 6 rings (SSSR count). The fourth-order valence-electron chi connectivity index (χ4n) is 6.87. The number of aromatic hydroxyl groups is 1. The molecule has 1 saturated heterocycles. The number of aromatic amines is 1. The van der Waals surface area contributed by atoms with Crippen LogP contribution in [0.15, 0.2) is 102 Å². The average Bonchev–Trinajstić information content (AvgIpc) is 3.22. The number of aliphatic carboxylic acids is 1. The molecule has 14 heteroatoms. The molecule has 2 amide bonds. The number of nitrogens with zero attached hydrogens (tertiary/aromatic N) is 1. The molecule has 2 heterocycles. The number of fused-ring (bicyclic) bond motifs is 1. The van der Waals surface area contributed by atoms with E-state index in [4.69, 9.17) is 9.47 Å². The van der Waals surface area contributed by atoms with Gasteiger partial charge in [-0.3, -0.25) is 14.4 Å². The van der Waals surface area contributed by atoms with Gasteiger partial charge in [0.15, 0.2) is 0 Å². The Bertz CT molecular complexity index is 2250. The molecule has 4 aromatic carbocycles. The molecule has 14 nitrogen and oxygen atoms in total. The van der Waals surface area contributed by atoms with Crippen molar-refractivity contribution < 1.29 is 44.3 Å². The number of amides is 2. The predicted octanol–water partition coefficient (Wildman–Crippen LogP) is 3.43. The number of aromatic nitrogens is 1. The molecule has 0 spiro atoms. The minimum atomic E-state index is -2.24. The number of piperidine rings is 1. The van der Waals surface area contributed by atoms with E-state index in [1.807, 2.05) is 0 Å². The maximum Gasteiger partial charge on any atom is 0.345 e. The summed E-state index contributed by atoms with van der Waals surface area (Å²) in [5.74, 6) is -1.11. The Balaban J connectivity index is 0.952. The maximum absolute atomic E-state index is 13.0. The summed E-state index contributed by atoms with van der Waals surface area (Å²) < 4.78 is 11.5. The van der Waals surface area contributed by atoms with Gasteiger partial charge in [0, 0.05) is 54.3 Å². The lowest BCUT2D eigenvalue weighted by Gasteiger charge is -2.32. The number of phenolic OH excluding ortho intramolecular Hbond substituents is 1. The van der Waals surface area contributed by atoms with Crippen LogP contribution >= 0.6 is 0 Å². The van der Waals surface area contributed by atoms with Crippen molar-refractivity contribution in [1.29, 1.82) is 0 Å². The molecule has 56 heavy (non-hydrogen) atoms. The molecule has 0 saturated carbocycles. The van der Waals surface area contributed by atoms with E-state index in [1.54, 1.807) is 83.8 Å². The van der Waals surface area contributed by atoms with Gasteiger partial charge in [-0.05, 0) is 66.3 Å². The summed E-state index contributed by atoms with van der Waals surface area (Å²) in [7, 11) is 1.49. The highest BCUT2D eigenvalue weighted by atomic mass is 16.5. The molecule has 1 aliphatic heterocycles. The van der Waals surface area contributed by atoms with Gasteiger partial charge in [0.2, 0.25) is 17.1 Å². The topological polar surface area (TPSA) is 211 Å². The second kappa shape index (κ2) is 17.5. The first-order valence-electron chi connectivity index (χ1n) is 18.2. The highest BCUT2D eigenvalue weighted by Crippen LogP contribution is 2.33. The number of phenols is 1. The number of ether oxygens (including phenoxy) is 2. The van der Waals surface area contributed by atoms with Crippen LogP contribution in [0.1, 0.15) is 51.6 Å². The van der Waals surface area contributed by atoms with Crippen LogP contribution in [0, 0.1) is 5.92 Å². The highest BCUT2D eigenvalue weighted by molar-refractivity contribution is 5.97. The van der Waals surface area contributed by atoms with Crippen molar-refractivity contribution in [2.75, 3.05) is 39.9 Å². The molecule has 0 bridgehead atoms. The van der Waals surface area contributed by atoms with E-state index in [2.05, 4.69) is 15.6 Å². The van der Waals surface area contributed by atoms with Crippen molar-refractivity contribution in [1.82, 2.24) is 20.5 Å². The minimum absolute atomic E-state index is 0.0931. The Labute approximate surface area is 322 Å². The van der Waals surface area contributed by atoms with Gasteiger partial charge in [-0.1, -0.05) is 54.6 Å². The first-order chi connectivity index (χ1) is 27.0. The lowest BCUT2D eigenvalue weighted by molar-refractivity contribution is -0.155. The Hall–Kier alpha value is -6.22. The zero-order chi connectivity index (χ0) is 39.8. The van der Waals surface area contributed by atoms with Crippen LogP contribution < -0.4 is 25.7 Å². The number of rotatable bonds is 15. The molecule has 292 valence electrons. The summed E-state index contributed by atoms with van der Waals surface area (Å²) in [6.45, 7) is 1.61. The van der Waals surface area contributed by atoms with Gasteiger partial charge in [0.05, 0.1) is 31.9 Å². The van der Waals surface area contributed by atoms with Crippen molar-refractivity contribution in [3.05, 3.63) is 135 Å². The zero-order valence-electron chi connectivity index (χ0n) is 30.7. The first-order valence-corrected chi connectivity index (χ1v) is 18.2. The number of H-pyrrole nitrogens is 1. The number of nitrogens with one attached hydrogen (secondary N) is 3. The van der Waals surface area contributed by atoms with Crippen LogP contribution in [0.3, 0.4) is 0 Å². The van der Waals surface area contributed by atoms with Crippen LogP contribution in [-0.2, 0) is 21.7 Å². The number of aliphatic hydroxyl groups excluding tert-OH is 1. The fraction of sp³-hybridized carbons (Fsp3) is 0.286. The van der Waals surface area contributed by atoms with E-state index in [9.17, 15) is 39.6 Å². The Kier molecular flexibility index (Phi) is 12.3. The second-order valence-electron chi connectivity index (χ2n) is 13.7. The van der Waals surface area contributed by atoms with E-state index in [0.717, 1.165) is 5.56 Å². The Morgan fingerprint density at radius 2 is 1.70 bits per heavy atom. The molecule has 1 fully saturated rings. The minimum Gasteiger partial charge on any atom is -0.506 e. The molecule has 0 aliphatic carbocycles. The van der Waals surface area contributed by atoms with Crippen LogP contribution in [0.2, 0.25) is 0 Å². The molecule has 5 aromatic rings. The predicted molar refractivity (Wildman–Crippen MR) is 207 cm³/mol. The molecular weight excluding hydrogens is 720 g/mol. The van der Waals surface area contributed by atoms with Crippen molar-refractivity contribution >= 4 is 28.7 Å². The number of hydrogen-bond acceptors (Lipinski definition) is 10. The first kappa shape index (κ1) is 39.5. The third-order valence-corrected chi connectivity index (χ3v) is 10.1. The molecule has 2 unspecified atom stereocenters. The lowest BCUT2D eigenvalue weighted by atomic mass is 9.86. The van der Waals surface area contributed by atoms with Gasteiger partial charge in [0.1, 0.15) is 17.2 Å². The summed E-state index contributed by atoms with van der Waals surface area (Å²) >= 11 is 0. The Morgan fingerprint density at radius 3 is 2.43 bits per heavy atom. The number of hydrogen-bond donors (Lipinski definition) is 7. The standard InChI is InChI=1S/C42H44N4O10/c1-55-36-20-27(10-11-28(36)22-43-23-35(48)32-12-14-34(47)39-33(32)13-15-37(49)45-39)40(51)44-24-38(50)46-18-16-26(17-19-46)25-56-31-9-5-8-30(21-31)42(54,41(52)53)29-6-3-2-4-7-29/h2-15,20-21,26,35,43,47-48,54H,16-19,22-25H2,1H3,(H,44,51)(H,45,49)(H,52,53). The van der Waals surface area contributed by atoms with Gasteiger partial charge in [-0.25, -0.2) is 4.79 Å². The van der Waals surface area contributed by atoms with Gasteiger partial charge in [-0.2, -0.15) is 0 Å². The number of carboxylic acid groups (broad SMARTS) is 1. The van der Waals surface area contributed by atoms with Crippen LogP contribution in [-0.4, -0.2) is 88.0 Å². The van der Waals surface area contributed by atoms with E-state index in [-0.39, 0.29) is 52.9 Å². The summed E-state index contributed by atoms with van der Waals surface area (Å²) in [6, 6.07) is 25.5. The Morgan fingerprint density at radius 1 is 0.946 bits per heavy atom. The van der Waals surface area contributed by atoms with Crippen LogP contribution in [0.25, 0.3) is 10.9 Å². The molecular formula is C42H44N4O10. The van der Waals surface area contributed by atoms with Crippen molar-refractivity contribution in [3.8, 4) is 17.2 Å². The number of pyridine rings is 1. The number of methoxy groups -OCH3 is 1. The number of benzene rings is 4. The largest absolute Gasteiger partial charge is 0.506 e. The normalized spacial score (nSPS) is 14.8. The van der Waals surface area contributed by atoms with Crippen molar-refractivity contribution in [2.24, 2.45) is 5.92 Å². The van der Waals surface area contributed by atoms with Gasteiger partial charge in [0.25, 0.3) is 5.91 Å². The van der Waals surface area contributed by atoms with Gasteiger partial charge in [-0.15, -0.1) is 0 Å². The molecule has 7 N–H and O–H groups in total. The lowest BCUT2D eigenvalue weighted by Crippen LogP contribution is -2.44. The smallest absolute Gasteiger partial charge is 0.345 e. The maximum atomic E-state index is 13.0. The fourth-order valence-corrected chi connectivity index (χ4v) is 6.87. The van der Waals surface area contributed by atoms with Crippen molar-refractivity contribution in [2.45, 2.75) is 31.1 Å². The van der Waals surface area contributed by atoms with Gasteiger partial charge < -0.3 is 50.4 Å². The second-order valence-corrected chi connectivity index (χ2v) is 13.7. The number of carboxylic acids is 1. The van der Waals surface area contributed by atoms with E-state index >= 15 is 0 Å². The monoisotopic (exact) mass is 764 g/mol. The molecule has 1 aliphatic rings. The number of likely N-dealkylation sites (tertiary alicyclic amines) is 1. The SMILES string of the molecule is COc1cc(C(=O)NCC(=O)N2CCC(COc3cccc(C(O)(C(=O)O)c4ccccc4)c3)CC2)ccc1CNCC(O)c1ccc(O)c2[nH]c(=O)ccc12. The third-order valence-electron chi connectivity index (χ3n) is 10.1. The molecule has 0 radical (unpaired) electrons. The van der Waals surface area contributed by atoms with E-state index in [1.165, 1.54) is 25.3 Å². The van der Waals surface area contributed by atoms with Crippen LogP contribution in [0.5, 0.6) is 17.2 Å². The van der Waals surface area contributed by atoms with Crippen LogP contribution in [0.4, 0.5) is 0 Å². The summed E-state index contributed by atoms with van der Waals surface area (Å²) in [5.41, 5.74) is -0.358. The zero-order valence-corrected chi connectivity index (χ0v) is 30.7. The number of carbonyl (C=O) groups excluding carboxylic acids is 2. The summed E-state index contributed by atoms with van der Waals surface area (Å²) in [5, 5.41) is 48.5. The average molecular weight is 765 g/mol. The molecule has 2 atom stereocenters. The highest BCUT2D eigenvalue weighted by Gasteiger charge is 2.40. The van der Waals surface area contributed by atoms with Crippen molar-refractivity contribution in [3.63, 3.8) is 0 Å². The summed E-state index contributed by atoms with van der Waals surface area (Å²) in [4.78, 5) is 54.2. The number of aliphatic hydroxyl groups is 2. The van der Waals surface area contributed by atoms with E-state index < -0.39 is 23.6 Å². The summed E-state index contributed by atoms with van der Waals surface area (Å²) in [6.07, 6.45) is 0.410. The molecule has 1 aromatic heterocycles. The van der Waals surface area contributed by atoms with Gasteiger partial charge >= 0.3 is 5.97 Å².